The van der Waals surface area contributed by atoms with Gasteiger partial charge >= 0.3 is 0 Å². The van der Waals surface area contributed by atoms with Crippen molar-refractivity contribution >= 4 is 17.3 Å². The smallest absolute Gasteiger partial charge is 0.257 e. The standard InChI is InChI=1S/C14H15N3O2/c1-17(2)12-5-3-11(4-6-12)16-14(19)10-7-13(18)9-15-8-10/h3-9,18H,1-2H3,(H,16,19). The van der Waals surface area contributed by atoms with Crippen molar-refractivity contribution in [2.24, 2.45) is 0 Å². The lowest BCUT2D eigenvalue weighted by Crippen LogP contribution is -2.12. The fraction of sp³-hybridized carbons (Fsp3) is 0.143. The Morgan fingerprint density at radius 3 is 2.47 bits per heavy atom. The normalized spacial score (nSPS) is 10.0. The molecular weight excluding hydrogens is 242 g/mol. The average molecular weight is 257 g/mol. The summed E-state index contributed by atoms with van der Waals surface area (Å²) in [4.78, 5) is 17.7. The summed E-state index contributed by atoms with van der Waals surface area (Å²) in [6.45, 7) is 0. The van der Waals surface area contributed by atoms with Gasteiger partial charge in [-0.15, -0.1) is 0 Å². The average Bonchev–Trinajstić information content (AvgIpc) is 2.39. The molecule has 2 rings (SSSR count). The number of pyridine rings is 1. The summed E-state index contributed by atoms with van der Waals surface area (Å²) in [5.74, 6) is -0.336. The minimum atomic E-state index is -0.305. The van der Waals surface area contributed by atoms with E-state index in [0.717, 1.165) is 5.69 Å². The first-order valence-corrected chi connectivity index (χ1v) is 5.79. The van der Waals surface area contributed by atoms with Crippen molar-refractivity contribution in [2.45, 2.75) is 0 Å². The van der Waals surface area contributed by atoms with Gasteiger partial charge < -0.3 is 15.3 Å². The van der Waals surface area contributed by atoms with E-state index in [2.05, 4.69) is 10.3 Å². The number of hydrogen-bond acceptors (Lipinski definition) is 4. The number of rotatable bonds is 3. The third-order valence-electron chi connectivity index (χ3n) is 2.63. The van der Waals surface area contributed by atoms with Crippen molar-refractivity contribution in [1.82, 2.24) is 4.98 Å². The summed E-state index contributed by atoms with van der Waals surface area (Å²) in [6.07, 6.45) is 2.69. The molecule has 0 radical (unpaired) electrons. The van der Waals surface area contributed by atoms with Crippen molar-refractivity contribution in [3.05, 3.63) is 48.3 Å². The zero-order valence-electron chi connectivity index (χ0n) is 10.8. The summed E-state index contributed by atoms with van der Waals surface area (Å²) in [7, 11) is 3.90. The molecule has 0 aliphatic rings. The number of amides is 1. The van der Waals surface area contributed by atoms with E-state index in [9.17, 15) is 9.90 Å². The molecule has 5 heteroatoms. The summed E-state index contributed by atoms with van der Waals surface area (Å²) in [6, 6.07) is 8.84. The molecule has 0 aliphatic carbocycles. The predicted octanol–water partition coefficient (Wildman–Crippen LogP) is 2.11. The largest absolute Gasteiger partial charge is 0.506 e. The molecule has 98 valence electrons. The van der Waals surface area contributed by atoms with Crippen molar-refractivity contribution < 1.29 is 9.90 Å². The first-order chi connectivity index (χ1) is 9.06. The number of carbonyl (C=O) groups is 1. The van der Waals surface area contributed by atoms with Gasteiger partial charge in [0.05, 0.1) is 11.8 Å². The predicted molar refractivity (Wildman–Crippen MR) is 74.6 cm³/mol. The second-order valence-electron chi connectivity index (χ2n) is 4.33. The van der Waals surface area contributed by atoms with Crippen LogP contribution in [0.4, 0.5) is 11.4 Å². The molecule has 0 aliphatic heterocycles. The van der Waals surface area contributed by atoms with Gasteiger partial charge in [0.1, 0.15) is 5.75 Å². The molecule has 0 fully saturated rings. The van der Waals surface area contributed by atoms with E-state index in [-0.39, 0.29) is 11.7 Å². The molecule has 1 aromatic carbocycles. The van der Waals surface area contributed by atoms with Crippen LogP contribution in [0.15, 0.2) is 42.7 Å². The van der Waals surface area contributed by atoms with Gasteiger partial charge in [-0.25, -0.2) is 0 Å². The lowest BCUT2D eigenvalue weighted by molar-refractivity contribution is 0.102. The Kier molecular flexibility index (Phi) is 3.66. The van der Waals surface area contributed by atoms with Crippen molar-refractivity contribution in [3.63, 3.8) is 0 Å². The number of nitrogens with zero attached hydrogens (tertiary/aromatic N) is 2. The van der Waals surface area contributed by atoms with E-state index in [4.69, 9.17) is 0 Å². The maximum absolute atomic E-state index is 11.9. The first-order valence-electron chi connectivity index (χ1n) is 5.79. The molecule has 2 aromatic rings. The molecule has 0 saturated heterocycles. The minimum Gasteiger partial charge on any atom is -0.506 e. The van der Waals surface area contributed by atoms with Crippen LogP contribution < -0.4 is 10.2 Å². The first kappa shape index (κ1) is 12.9. The Balaban J connectivity index is 2.10. The molecule has 0 unspecified atom stereocenters. The molecule has 1 aromatic heterocycles. The van der Waals surface area contributed by atoms with Gasteiger partial charge in [-0.2, -0.15) is 0 Å². The maximum atomic E-state index is 11.9. The molecule has 0 bridgehead atoms. The number of nitrogens with one attached hydrogen (secondary N) is 1. The third-order valence-corrected chi connectivity index (χ3v) is 2.63. The highest BCUT2D eigenvalue weighted by Gasteiger charge is 2.07. The van der Waals surface area contributed by atoms with Crippen LogP contribution >= 0.6 is 0 Å². The van der Waals surface area contributed by atoms with Crippen LogP contribution in [0.5, 0.6) is 5.75 Å². The molecule has 0 saturated carbocycles. The highest BCUT2D eigenvalue weighted by molar-refractivity contribution is 6.04. The molecule has 1 amide bonds. The Labute approximate surface area is 111 Å². The molecule has 19 heavy (non-hydrogen) atoms. The van der Waals surface area contributed by atoms with Gasteiger partial charge in [-0.1, -0.05) is 0 Å². The molecule has 2 N–H and O–H groups in total. The van der Waals surface area contributed by atoms with Gasteiger partial charge in [0, 0.05) is 31.7 Å². The Bertz CT molecular complexity index is 579. The minimum absolute atomic E-state index is 0.0318. The number of anilines is 2. The van der Waals surface area contributed by atoms with Gasteiger partial charge in [0.25, 0.3) is 5.91 Å². The fourth-order valence-corrected chi connectivity index (χ4v) is 1.60. The Morgan fingerprint density at radius 2 is 1.89 bits per heavy atom. The zero-order valence-corrected chi connectivity index (χ0v) is 10.8. The summed E-state index contributed by atoms with van der Waals surface area (Å²) >= 11 is 0. The van der Waals surface area contributed by atoms with Gasteiger partial charge in [0.2, 0.25) is 0 Å². The van der Waals surface area contributed by atoms with Gasteiger partial charge in [-0.3, -0.25) is 9.78 Å². The van der Waals surface area contributed by atoms with Gasteiger partial charge in [-0.05, 0) is 30.3 Å². The summed E-state index contributed by atoms with van der Waals surface area (Å²) in [5.41, 5.74) is 2.06. The number of hydrogen-bond donors (Lipinski definition) is 2. The Morgan fingerprint density at radius 1 is 1.21 bits per heavy atom. The third kappa shape index (κ3) is 3.22. The number of aromatic hydroxyl groups is 1. The van der Waals surface area contributed by atoms with E-state index >= 15 is 0 Å². The van der Waals surface area contributed by atoms with Crippen LogP contribution in [0.2, 0.25) is 0 Å². The fourth-order valence-electron chi connectivity index (χ4n) is 1.60. The highest BCUT2D eigenvalue weighted by atomic mass is 16.3. The number of aromatic nitrogens is 1. The van der Waals surface area contributed by atoms with Crippen LogP contribution in [-0.4, -0.2) is 30.1 Å². The molecule has 0 atom stereocenters. The van der Waals surface area contributed by atoms with Crippen molar-refractivity contribution in [2.75, 3.05) is 24.3 Å². The van der Waals surface area contributed by atoms with Crippen molar-refractivity contribution in [1.29, 1.82) is 0 Å². The molecule has 5 nitrogen and oxygen atoms in total. The maximum Gasteiger partial charge on any atom is 0.257 e. The summed E-state index contributed by atoms with van der Waals surface area (Å²) in [5, 5.41) is 12.0. The Hall–Kier alpha value is -2.56. The highest BCUT2D eigenvalue weighted by Crippen LogP contribution is 2.17. The second-order valence-corrected chi connectivity index (χ2v) is 4.33. The number of benzene rings is 1. The topological polar surface area (TPSA) is 65.5 Å². The van der Waals surface area contributed by atoms with E-state index in [1.54, 1.807) is 0 Å². The van der Waals surface area contributed by atoms with Crippen LogP contribution in [0.3, 0.4) is 0 Å². The molecular formula is C14H15N3O2. The van der Waals surface area contributed by atoms with E-state index in [1.807, 2.05) is 43.3 Å². The lowest BCUT2D eigenvalue weighted by Gasteiger charge is -2.13. The molecule has 0 spiro atoms. The summed E-state index contributed by atoms with van der Waals surface area (Å²) < 4.78 is 0. The SMILES string of the molecule is CN(C)c1ccc(NC(=O)c2cncc(O)c2)cc1. The van der Waals surface area contributed by atoms with Crippen molar-refractivity contribution in [3.8, 4) is 5.75 Å². The lowest BCUT2D eigenvalue weighted by atomic mass is 10.2. The monoisotopic (exact) mass is 257 g/mol. The second kappa shape index (κ2) is 5.39. The van der Waals surface area contributed by atoms with E-state index in [1.165, 1.54) is 18.5 Å². The van der Waals surface area contributed by atoms with E-state index in [0.29, 0.717) is 11.3 Å². The molecule has 1 heterocycles. The quantitative estimate of drug-likeness (QED) is 0.883. The van der Waals surface area contributed by atoms with Crippen LogP contribution in [-0.2, 0) is 0 Å². The zero-order chi connectivity index (χ0) is 13.8. The van der Waals surface area contributed by atoms with Crippen LogP contribution in [0, 0.1) is 0 Å². The van der Waals surface area contributed by atoms with Gasteiger partial charge in [0.15, 0.2) is 0 Å². The number of carbonyl (C=O) groups excluding carboxylic acids is 1. The van der Waals surface area contributed by atoms with E-state index < -0.39 is 0 Å². The van der Waals surface area contributed by atoms with Crippen LogP contribution in [0.1, 0.15) is 10.4 Å². The van der Waals surface area contributed by atoms with Crippen LogP contribution in [0.25, 0.3) is 0 Å².